The largest absolute Gasteiger partial charge is 0.490 e. The molecule has 0 bridgehead atoms. The minimum Gasteiger partial charge on any atom is -0.490 e. The van der Waals surface area contributed by atoms with Crippen LogP contribution in [0.1, 0.15) is 41.7 Å². The molecule has 0 aliphatic heterocycles. The zero-order valence-electron chi connectivity index (χ0n) is 14.6. The van der Waals surface area contributed by atoms with Crippen LogP contribution in [0, 0.1) is 23.2 Å². The number of aromatic nitrogens is 2. The highest BCUT2D eigenvalue weighted by molar-refractivity contribution is 9.10. The van der Waals surface area contributed by atoms with E-state index in [1.807, 2.05) is 12.1 Å². The lowest BCUT2D eigenvalue weighted by atomic mass is 10.0. The maximum atomic E-state index is 12.2. The second kappa shape index (κ2) is 7.65. The Balaban J connectivity index is 1.30. The lowest BCUT2D eigenvalue weighted by molar-refractivity contribution is 0.0929. The van der Waals surface area contributed by atoms with Gasteiger partial charge in [0.05, 0.1) is 17.9 Å². The normalized spacial score (nSPS) is 26.2. The molecule has 7 heteroatoms. The van der Waals surface area contributed by atoms with Gasteiger partial charge in [0.15, 0.2) is 0 Å². The van der Waals surface area contributed by atoms with Crippen molar-refractivity contribution in [3.63, 3.8) is 0 Å². The summed E-state index contributed by atoms with van der Waals surface area (Å²) < 4.78 is 6.89. The maximum absolute atomic E-state index is 12.2. The maximum Gasteiger partial charge on any atom is 0.271 e. The number of rotatable bonds is 4. The Kier molecular flexibility index (Phi) is 5.08. The highest BCUT2D eigenvalue weighted by Crippen LogP contribution is 2.45. The van der Waals surface area contributed by atoms with Gasteiger partial charge in [-0.25, -0.2) is 4.98 Å². The molecular formula is C20H19BrN4O2. The van der Waals surface area contributed by atoms with Gasteiger partial charge in [-0.2, -0.15) is 5.26 Å². The Morgan fingerprint density at radius 2 is 2.00 bits per heavy atom. The van der Waals surface area contributed by atoms with Crippen LogP contribution in [0.5, 0.6) is 5.75 Å². The molecule has 2 aromatic rings. The first-order chi connectivity index (χ1) is 13.1. The van der Waals surface area contributed by atoms with E-state index in [0.717, 1.165) is 35.9 Å². The highest BCUT2D eigenvalue weighted by atomic mass is 79.9. The molecule has 2 unspecified atom stereocenters. The number of halogens is 1. The molecule has 2 aliphatic carbocycles. The molecule has 0 radical (unpaired) electrons. The molecule has 138 valence electrons. The molecule has 0 spiro atoms. The van der Waals surface area contributed by atoms with E-state index >= 15 is 0 Å². The monoisotopic (exact) mass is 426 g/mol. The van der Waals surface area contributed by atoms with Crippen molar-refractivity contribution in [2.24, 2.45) is 11.8 Å². The highest BCUT2D eigenvalue weighted by Gasteiger charge is 2.43. The summed E-state index contributed by atoms with van der Waals surface area (Å²) >= 11 is 3.40. The van der Waals surface area contributed by atoms with E-state index in [1.54, 1.807) is 12.3 Å². The molecule has 1 N–H and O–H groups in total. The van der Waals surface area contributed by atoms with Crippen molar-refractivity contribution in [2.75, 3.05) is 0 Å². The summed E-state index contributed by atoms with van der Waals surface area (Å²) in [6.45, 7) is 0. The van der Waals surface area contributed by atoms with Gasteiger partial charge >= 0.3 is 0 Å². The average molecular weight is 427 g/mol. The van der Waals surface area contributed by atoms with Crippen molar-refractivity contribution in [3.05, 3.63) is 52.5 Å². The first-order valence-electron chi connectivity index (χ1n) is 9.05. The minimum atomic E-state index is -0.150. The number of carbonyl (C=O) groups is 1. The molecule has 1 aromatic carbocycles. The Labute approximate surface area is 166 Å². The van der Waals surface area contributed by atoms with Crippen LogP contribution in [-0.4, -0.2) is 28.0 Å². The molecule has 2 fully saturated rings. The summed E-state index contributed by atoms with van der Waals surface area (Å²) in [5.41, 5.74) is 0.967. The van der Waals surface area contributed by atoms with Crippen molar-refractivity contribution >= 4 is 21.8 Å². The van der Waals surface area contributed by atoms with E-state index in [-0.39, 0.29) is 18.1 Å². The first kappa shape index (κ1) is 17.9. The van der Waals surface area contributed by atoms with E-state index in [0.29, 0.717) is 23.1 Å². The number of nitrogens with zero attached hydrogens (tertiary/aromatic N) is 3. The third-order valence-corrected chi connectivity index (χ3v) is 6.12. The fraction of sp³-hybridized carbons (Fsp3) is 0.400. The average Bonchev–Trinajstić information content (AvgIpc) is 3.20. The Hall–Kier alpha value is -2.46. The molecule has 1 amide bonds. The van der Waals surface area contributed by atoms with Crippen LogP contribution < -0.4 is 10.1 Å². The SMILES string of the molecule is N#Cc1ccc(OC2CC3CC(NC(=O)c4cnccn4)CC3C2)cc1Br. The number of nitriles is 1. The van der Waals surface area contributed by atoms with Crippen molar-refractivity contribution in [2.45, 2.75) is 37.8 Å². The van der Waals surface area contributed by atoms with Crippen molar-refractivity contribution in [1.29, 1.82) is 5.26 Å². The molecule has 1 heterocycles. The van der Waals surface area contributed by atoms with E-state index in [4.69, 9.17) is 10.00 Å². The van der Waals surface area contributed by atoms with Gasteiger partial charge in [0.25, 0.3) is 5.91 Å². The Morgan fingerprint density at radius 1 is 1.22 bits per heavy atom. The first-order valence-corrected chi connectivity index (χ1v) is 9.85. The molecule has 6 nitrogen and oxygen atoms in total. The molecule has 2 saturated carbocycles. The van der Waals surface area contributed by atoms with Crippen LogP contribution in [-0.2, 0) is 0 Å². The second-order valence-electron chi connectivity index (χ2n) is 7.22. The molecule has 1 aromatic heterocycles. The third-order valence-electron chi connectivity index (χ3n) is 5.47. The minimum absolute atomic E-state index is 0.150. The number of carbonyl (C=O) groups excluding carboxylic acids is 1. The quantitative estimate of drug-likeness (QED) is 0.808. The number of fused-ring (bicyclic) bond motifs is 1. The zero-order valence-corrected chi connectivity index (χ0v) is 16.2. The standard InChI is InChI=1S/C20H19BrN4O2/c21-18-9-16(2-1-12(18)10-22)27-17-7-13-5-15(6-14(13)8-17)25-20(26)19-11-23-3-4-24-19/h1-4,9,11,13-15,17H,5-8H2,(H,25,26). The van der Waals surface area contributed by atoms with Gasteiger partial charge in [-0.1, -0.05) is 0 Å². The zero-order chi connectivity index (χ0) is 18.8. The summed E-state index contributed by atoms with van der Waals surface area (Å²) in [5.74, 6) is 1.79. The smallest absolute Gasteiger partial charge is 0.271 e. The molecule has 2 aliphatic rings. The number of ether oxygens (including phenoxy) is 1. The van der Waals surface area contributed by atoms with Crippen LogP contribution in [0.4, 0.5) is 0 Å². The van der Waals surface area contributed by atoms with Crippen LogP contribution in [0.2, 0.25) is 0 Å². The van der Waals surface area contributed by atoms with Crippen LogP contribution in [0.15, 0.2) is 41.3 Å². The van der Waals surface area contributed by atoms with E-state index < -0.39 is 0 Å². The number of hydrogen-bond donors (Lipinski definition) is 1. The van der Waals surface area contributed by atoms with Gasteiger partial charge in [-0.15, -0.1) is 0 Å². The number of amides is 1. The van der Waals surface area contributed by atoms with Crippen molar-refractivity contribution in [3.8, 4) is 11.8 Å². The summed E-state index contributed by atoms with van der Waals surface area (Å²) in [4.78, 5) is 20.2. The molecule has 4 rings (SSSR count). The lowest BCUT2D eigenvalue weighted by Crippen LogP contribution is -2.34. The second-order valence-corrected chi connectivity index (χ2v) is 8.07. The van der Waals surface area contributed by atoms with Crippen LogP contribution in [0.3, 0.4) is 0 Å². The number of benzene rings is 1. The topological polar surface area (TPSA) is 87.9 Å². The molecule has 0 saturated heterocycles. The van der Waals surface area contributed by atoms with E-state index in [2.05, 4.69) is 37.3 Å². The van der Waals surface area contributed by atoms with Crippen molar-refractivity contribution in [1.82, 2.24) is 15.3 Å². The van der Waals surface area contributed by atoms with E-state index in [1.165, 1.54) is 12.4 Å². The Bertz CT molecular complexity index is 869. The van der Waals surface area contributed by atoms with Gasteiger partial charge in [0.2, 0.25) is 0 Å². The Morgan fingerprint density at radius 3 is 2.63 bits per heavy atom. The fourth-order valence-electron chi connectivity index (χ4n) is 4.30. The van der Waals surface area contributed by atoms with Gasteiger partial charge in [0, 0.05) is 22.9 Å². The van der Waals surface area contributed by atoms with E-state index in [9.17, 15) is 4.79 Å². The fourth-order valence-corrected chi connectivity index (χ4v) is 4.75. The van der Waals surface area contributed by atoms with Crippen molar-refractivity contribution < 1.29 is 9.53 Å². The van der Waals surface area contributed by atoms with Gasteiger partial charge in [-0.05, 0) is 71.6 Å². The number of nitrogens with one attached hydrogen (secondary N) is 1. The lowest BCUT2D eigenvalue weighted by Gasteiger charge is -2.18. The summed E-state index contributed by atoms with van der Waals surface area (Å²) in [7, 11) is 0. The van der Waals surface area contributed by atoms with Gasteiger partial charge in [0.1, 0.15) is 17.5 Å². The summed E-state index contributed by atoms with van der Waals surface area (Å²) in [5, 5.41) is 12.1. The third kappa shape index (κ3) is 3.96. The summed E-state index contributed by atoms with van der Waals surface area (Å²) in [6, 6.07) is 7.81. The van der Waals surface area contributed by atoms with Gasteiger partial charge < -0.3 is 10.1 Å². The summed E-state index contributed by atoms with van der Waals surface area (Å²) in [6.07, 6.45) is 8.73. The predicted octanol–water partition coefficient (Wildman–Crippen LogP) is 3.48. The van der Waals surface area contributed by atoms with Crippen LogP contribution in [0.25, 0.3) is 0 Å². The predicted molar refractivity (Wildman–Crippen MR) is 102 cm³/mol. The molecule has 27 heavy (non-hydrogen) atoms. The number of hydrogen-bond acceptors (Lipinski definition) is 5. The molecular weight excluding hydrogens is 408 g/mol. The molecule has 2 atom stereocenters. The van der Waals surface area contributed by atoms with Gasteiger partial charge in [-0.3, -0.25) is 9.78 Å². The van der Waals surface area contributed by atoms with Crippen LogP contribution >= 0.6 is 15.9 Å².